The van der Waals surface area contributed by atoms with E-state index in [0.717, 1.165) is 11.1 Å². The van der Waals surface area contributed by atoms with Gasteiger partial charge in [-0.05, 0) is 24.5 Å². The molecule has 0 aliphatic rings. The third-order valence-electron chi connectivity index (χ3n) is 3.28. The molecular weight excluding hydrogens is 254 g/mol. The molecule has 0 radical (unpaired) electrons. The molecule has 0 bridgehead atoms. The minimum Gasteiger partial charge on any atom is -0.480 e. The minimum atomic E-state index is -1.00. The highest BCUT2D eigenvalue weighted by Crippen LogP contribution is 2.08. The van der Waals surface area contributed by atoms with Crippen molar-refractivity contribution in [3.05, 3.63) is 41.5 Å². The Morgan fingerprint density at radius 3 is 2.40 bits per heavy atom. The highest BCUT2D eigenvalue weighted by Gasteiger charge is 2.24. The van der Waals surface area contributed by atoms with Crippen LogP contribution in [0.4, 0.5) is 0 Å². The van der Waals surface area contributed by atoms with Crippen molar-refractivity contribution in [2.75, 3.05) is 0 Å². The summed E-state index contributed by atoms with van der Waals surface area (Å²) in [5, 5.41) is 11.6. The molecule has 1 rings (SSSR count). The van der Waals surface area contributed by atoms with Crippen molar-refractivity contribution in [1.82, 2.24) is 5.32 Å². The topological polar surface area (TPSA) is 66.4 Å². The zero-order valence-electron chi connectivity index (χ0n) is 12.1. The molecule has 108 valence electrons. The van der Waals surface area contributed by atoms with Gasteiger partial charge in [-0.1, -0.05) is 50.1 Å². The van der Waals surface area contributed by atoms with E-state index in [1.807, 2.05) is 45.0 Å². The summed E-state index contributed by atoms with van der Waals surface area (Å²) in [6.45, 7) is 5.70. The molecule has 0 aliphatic heterocycles. The van der Waals surface area contributed by atoms with E-state index in [4.69, 9.17) is 5.11 Å². The molecule has 0 aromatic heterocycles. The number of nitrogens with one attached hydrogen (secondary N) is 1. The molecule has 4 heteroatoms. The number of hydrogen-bond donors (Lipinski definition) is 2. The number of benzene rings is 1. The Morgan fingerprint density at radius 2 is 1.90 bits per heavy atom. The second-order valence-electron chi connectivity index (χ2n) is 4.95. The van der Waals surface area contributed by atoms with Gasteiger partial charge >= 0.3 is 5.97 Å². The third-order valence-corrected chi connectivity index (χ3v) is 3.28. The highest BCUT2D eigenvalue weighted by molar-refractivity contribution is 5.94. The maximum absolute atomic E-state index is 11.8. The van der Waals surface area contributed by atoms with Gasteiger partial charge < -0.3 is 10.4 Å². The minimum absolute atomic E-state index is 0.107. The monoisotopic (exact) mass is 275 g/mol. The highest BCUT2D eigenvalue weighted by atomic mass is 16.4. The number of amides is 1. The molecular formula is C16H21NO3. The molecule has 1 aromatic carbocycles. The van der Waals surface area contributed by atoms with Gasteiger partial charge in [-0.15, -0.1) is 0 Å². The number of carboxylic acids is 1. The quantitative estimate of drug-likeness (QED) is 0.784. The Kier molecular flexibility index (Phi) is 5.97. The number of carbonyl (C=O) groups excluding carboxylic acids is 1. The van der Waals surface area contributed by atoms with Gasteiger partial charge in [0.05, 0.1) is 0 Å². The molecule has 2 N–H and O–H groups in total. The lowest BCUT2D eigenvalue weighted by Gasteiger charge is -2.19. The fraction of sp³-hybridized carbons (Fsp3) is 0.375. The van der Waals surface area contributed by atoms with Crippen LogP contribution in [0.25, 0.3) is 6.08 Å². The van der Waals surface area contributed by atoms with Crippen molar-refractivity contribution in [3.63, 3.8) is 0 Å². The third kappa shape index (κ3) is 4.88. The zero-order chi connectivity index (χ0) is 15.1. The number of carbonyl (C=O) groups is 2. The van der Waals surface area contributed by atoms with Gasteiger partial charge in [0.1, 0.15) is 6.04 Å². The summed E-state index contributed by atoms with van der Waals surface area (Å²) in [4.78, 5) is 22.9. The van der Waals surface area contributed by atoms with Gasteiger partial charge in [-0.3, -0.25) is 4.79 Å². The summed E-state index contributed by atoms with van der Waals surface area (Å²) in [5.41, 5.74) is 2.05. The largest absolute Gasteiger partial charge is 0.480 e. The van der Waals surface area contributed by atoms with Gasteiger partial charge in [0.25, 0.3) is 0 Å². The van der Waals surface area contributed by atoms with Crippen LogP contribution in [0.2, 0.25) is 0 Å². The molecule has 20 heavy (non-hydrogen) atoms. The Balaban J connectivity index is 2.66. The van der Waals surface area contributed by atoms with Gasteiger partial charge in [0, 0.05) is 6.08 Å². The lowest BCUT2D eigenvalue weighted by Crippen LogP contribution is -2.44. The van der Waals surface area contributed by atoms with Crippen LogP contribution in [-0.4, -0.2) is 23.0 Å². The maximum atomic E-state index is 11.8. The van der Waals surface area contributed by atoms with E-state index in [1.165, 1.54) is 6.08 Å². The van der Waals surface area contributed by atoms with Crippen molar-refractivity contribution in [2.45, 2.75) is 33.2 Å². The second-order valence-corrected chi connectivity index (χ2v) is 4.95. The normalized spacial score (nSPS) is 13.9. The molecule has 0 saturated carbocycles. The average Bonchev–Trinajstić information content (AvgIpc) is 2.43. The smallest absolute Gasteiger partial charge is 0.326 e. The van der Waals surface area contributed by atoms with Crippen molar-refractivity contribution in [1.29, 1.82) is 0 Å². The molecule has 0 unspecified atom stereocenters. The Morgan fingerprint density at radius 1 is 1.30 bits per heavy atom. The molecule has 1 aromatic rings. The molecule has 0 aliphatic carbocycles. The van der Waals surface area contributed by atoms with Gasteiger partial charge in [0.15, 0.2) is 0 Å². The zero-order valence-corrected chi connectivity index (χ0v) is 12.1. The van der Waals surface area contributed by atoms with Crippen LogP contribution in [0.1, 0.15) is 31.4 Å². The second kappa shape index (κ2) is 7.48. The Hall–Kier alpha value is -2.10. The maximum Gasteiger partial charge on any atom is 0.326 e. The molecule has 4 nitrogen and oxygen atoms in total. The summed E-state index contributed by atoms with van der Waals surface area (Å²) < 4.78 is 0. The average molecular weight is 275 g/mol. The van der Waals surface area contributed by atoms with Crippen LogP contribution in [-0.2, 0) is 9.59 Å². The number of hydrogen-bond acceptors (Lipinski definition) is 2. The van der Waals surface area contributed by atoms with E-state index in [9.17, 15) is 9.59 Å². The van der Waals surface area contributed by atoms with Crippen molar-refractivity contribution in [3.8, 4) is 0 Å². The van der Waals surface area contributed by atoms with Crippen LogP contribution in [0.15, 0.2) is 30.3 Å². The Labute approximate surface area is 119 Å². The van der Waals surface area contributed by atoms with Crippen LogP contribution in [0.5, 0.6) is 0 Å². The van der Waals surface area contributed by atoms with E-state index < -0.39 is 17.9 Å². The Bertz CT molecular complexity index is 491. The first-order chi connectivity index (χ1) is 9.43. The number of rotatable bonds is 6. The summed E-state index contributed by atoms with van der Waals surface area (Å²) in [7, 11) is 0. The van der Waals surface area contributed by atoms with Gasteiger partial charge in [-0.25, -0.2) is 4.79 Å². The number of aliphatic carboxylic acids is 1. The van der Waals surface area contributed by atoms with Gasteiger partial charge in [0.2, 0.25) is 5.91 Å². The van der Waals surface area contributed by atoms with E-state index >= 15 is 0 Å². The predicted molar refractivity (Wildman–Crippen MR) is 79.2 cm³/mol. The fourth-order valence-corrected chi connectivity index (χ4v) is 1.73. The van der Waals surface area contributed by atoms with Crippen molar-refractivity contribution >= 4 is 18.0 Å². The van der Waals surface area contributed by atoms with Crippen LogP contribution >= 0.6 is 0 Å². The number of carboxylic acid groups (broad SMARTS) is 1. The SMILES string of the molecule is CC[C@H](C)[C@H](NC(=O)/C=C/c1ccc(C)cc1)C(=O)O. The van der Waals surface area contributed by atoms with Crippen molar-refractivity contribution in [2.24, 2.45) is 5.92 Å². The van der Waals surface area contributed by atoms with Crippen LogP contribution in [0.3, 0.4) is 0 Å². The first-order valence-corrected chi connectivity index (χ1v) is 6.72. The van der Waals surface area contributed by atoms with E-state index in [1.54, 1.807) is 6.08 Å². The molecule has 0 heterocycles. The summed E-state index contributed by atoms with van der Waals surface area (Å²) in [5.74, 6) is -1.50. The van der Waals surface area contributed by atoms with E-state index in [-0.39, 0.29) is 5.92 Å². The first-order valence-electron chi connectivity index (χ1n) is 6.72. The van der Waals surface area contributed by atoms with E-state index in [0.29, 0.717) is 6.42 Å². The standard InChI is InChI=1S/C16H21NO3/c1-4-12(3)15(16(19)20)17-14(18)10-9-13-7-5-11(2)6-8-13/h5-10,12,15H,4H2,1-3H3,(H,17,18)(H,19,20)/b10-9+/t12-,15-/m0/s1. The first kappa shape index (κ1) is 16.0. The van der Waals surface area contributed by atoms with E-state index in [2.05, 4.69) is 5.32 Å². The lowest BCUT2D eigenvalue weighted by atomic mass is 9.99. The number of aryl methyl sites for hydroxylation is 1. The molecule has 0 saturated heterocycles. The summed E-state index contributed by atoms with van der Waals surface area (Å²) >= 11 is 0. The van der Waals surface area contributed by atoms with Crippen LogP contribution in [0, 0.1) is 12.8 Å². The molecule has 0 fully saturated rings. The van der Waals surface area contributed by atoms with Crippen LogP contribution < -0.4 is 5.32 Å². The molecule has 0 spiro atoms. The van der Waals surface area contributed by atoms with Crippen molar-refractivity contribution < 1.29 is 14.7 Å². The predicted octanol–water partition coefficient (Wildman–Crippen LogP) is 2.62. The fourth-order valence-electron chi connectivity index (χ4n) is 1.73. The molecule has 2 atom stereocenters. The molecule has 1 amide bonds. The lowest BCUT2D eigenvalue weighted by molar-refractivity contribution is -0.142. The van der Waals surface area contributed by atoms with Gasteiger partial charge in [-0.2, -0.15) is 0 Å². The summed E-state index contributed by atoms with van der Waals surface area (Å²) in [6.07, 6.45) is 3.73. The summed E-state index contributed by atoms with van der Waals surface area (Å²) in [6, 6.07) is 6.87.